The van der Waals surface area contributed by atoms with Gasteiger partial charge in [0.1, 0.15) is 0 Å². The molecule has 2 atom stereocenters. The molecule has 0 spiro atoms. The van der Waals surface area contributed by atoms with E-state index in [9.17, 15) is 5.11 Å². The van der Waals surface area contributed by atoms with E-state index in [1.54, 1.807) is 0 Å². The van der Waals surface area contributed by atoms with Crippen molar-refractivity contribution < 1.29 is 5.11 Å². The molecular weight excluding hydrogens is 354 g/mol. The highest BCUT2D eigenvalue weighted by atomic mass is 16.3. The monoisotopic (exact) mass is 397 g/mol. The van der Waals surface area contributed by atoms with E-state index in [4.69, 9.17) is 5.73 Å². The predicted molar refractivity (Wildman–Crippen MR) is 128 cm³/mol. The number of aliphatic hydroxyl groups is 1. The molecule has 0 saturated carbocycles. The van der Waals surface area contributed by atoms with E-state index in [1.165, 1.54) is 22.3 Å². The number of nitrogens with two attached hydrogens (primary N) is 1. The van der Waals surface area contributed by atoms with Gasteiger partial charge in [0, 0.05) is 11.5 Å². The van der Waals surface area contributed by atoms with Crippen LogP contribution in [0.2, 0.25) is 0 Å². The summed E-state index contributed by atoms with van der Waals surface area (Å²) in [5.74, 6) is 0. The van der Waals surface area contributed by atoms with Crippen LogP contribution < -0.4 is 5.73 Å². The zero-order chi connectivity index (χ0) is 21.9. The van der Waals surface area contributed by atoms with Gasteiger partial charge >= 0.3 is 0 Å². The van der Waals surface area contributed by atoms with E-state index in [2.05, 4.69) is 69.3 Å². The lowest BCUT2D eigenvalue weighted by molar-refractivity contribution is 0.160. The Hall–Kier alpha value is -1.64. The highest BCUT2D eigenvalue weighted by Crippen LogP contribution is 2.32. The maximum atomic E-state index is 9.75. The maximum Gasteiger partial charge on any atom is 0.0540 e. The molecule has 3 N–H and O–H groups in total. The molecule has 162 valence electrons. The van der Waals surface area contributed by atoms with Gasteiger partial charge in [-0.2, -0.15) is 0 Å². The van der Waals surface area contributed by atoms with Crippen molar-refractivity contribution in [3.05, 3.63) is 70.8 Å². The second-order valence-electron chi connectivity index (χ2n) is 8.33. The summed E-state index contributed by atoms with van der Waals surface area (Å²) in [7, 11) is 0. The molecule has 0 saturated heterocycles. The minimum Gasteiger partial charge on any atom is -0.393 e. The van der Waals surface area contributed by atoms with Gasteiger partial charge in [-0.25, -0.2) is 0 Å². The molecule has 0 amide bonds. The molecule has 0 radical (unpaired) electrons. The van der Waals surface area contributed by atoms with Gasteiger partial charge in [-0.05, 0) is 60.8 Å². The third kappa shape index (κ3) is 7.95. The standard InChI is InChI=1S/C25H37NO.C2H6/c1-5-23(26)17-11-19-7-13-21(14-8-19)25(3,4)22-15-9-20(10-16-22)12-18-24(27)6-2;1-2/h7-10,13-16,23-24,27H,5-6,11-12,17-18,26H2,1-4H3;1-2H3. The number of aliphatic hydroxyl groups excluding tert-OH is 1. The molecule has 2 heteroatoms. The number of hydrogen-bond acceptors (Lipinski definition) is 2. The first kappa shape index (κ1) is 25.4. The van der Waals surface area contributed by atoms with Crippen molar-refractivity contribution in [1.29, 1.82) is 0 Å². The van der Waals surface area contributed by atoms with Crippen molar-refractivity contribution in [3.63, 3.8) is 0 Å². The molecule has 2 nitrogen and oxygen atoms in total. The first-order valence-corrected chi connectivity index (χ1v) is 11.5. The molecule has 2 rings (SSSR count). The van der Waals surface area contributed by atoms with Crippen LogP contribution >= 0.6 is 0 Å². The van der Waals surface area contributed by atoms with Crippen LogP contribution in [-0.2, 0) is 18.3 Å². The van der Waals surface area contributed by atoms with Crippen molar-refractivity contribution in [1.82, 2.24) is 0 Å². The first-order valence-electron chi connectivity index (χ1n) is 11.5. The van der Waals surface area contributed by atoms with Crippen LogP contribution in [0.15, 0.2) is 48.5 Å². The van der Waals surface area contributed by atoms with Crippen LogP contribution in [0.3, 0.4) is 0 Å². The van der Waals surface area contributed by atoms with E-state index >= 15 is 0 Å². The van der Waals surface area contributed by atoms with E-state index < -0.39 is 0 Å². The summed E-state index contributed by atoms with van der Waals surface area (Å²) in [5.41, 5.74) is 11.3. The van der Waals surface area contributed by atoms with Crippen LogP contribution in [0.25, 0.3) is 0 Å². The van der Waals surface area contributed by atoms with E-state index in [1.807, 2.05) is 20.8 Å². The second-order valence-corrected chi connectivity index (χ2v) is 8.33. The highest BCUT2D eigenvalue weighted by molar-refractivity contribution is 5.39. The molecule has 0 aliphatic carbocycles. The predicted octanol–water partition coefficient (Wildman–Crippen LogP) is 6.41. The van der Waals surface area contributed by atoms with Gasteiger partial charge in [-0.1, -0.05) is 90.1 Å². The van der Waals surface area contributed by atoms with Crippen LogP contribution in [0.1, 0.15) is 89.5 Å². The zero-order valence-corrected chi connectivity index (χ0v) is 19.5. The molecule has 0 heterocycles. The molecule has 0 bridgehead atoms. The third-order valence-electron chi connectivity index (χ3n) is 5.92. The topological polar surface area (TPSA) is 46.2 Å². The third-order valence-corrected chi connectivity index (χ3v) is 5.92. The molecule has 2 aromatic carbocycles. The summed E-state index contributed by atoms with van der Waals surface area (Å²) >= 11 is 0. The van der Waals surface area contributed by atoms with Gasteiger partial charge < -0.3 is 10.8 Å². The van der Waals surface area contributed by atoms with Crippen LogP contribution in [0.5, 0.6) is 0 Å². The second kappa shape index (κ2) is 12.8. The average Bonchev–Trinajstić information content (AvgIpc) is 2.77. The lowest BCUT2D eigenvalue weighted by Gasteiger charge is -2.26. The van der Waals surface area contributed by atoms with Crippen molar-refractivity contribution in [2.75, 3.05) is 0 Å². The van der Waals surface area contributed by atoms with Gasteiger partial charge in [-0.15, -0.1) is 0 Å². The zero-order valence-electron chi connectivity index (χ0n) is 19.5. The molecule has 0 fully saturated rings. The van der Waals surface area contributed by atoms with Crippen molar-refractivity contribution >= 4 is 0 Å². The van der Waals surface area contributed by atoms with Gasteiger partial charge in [0.05, 0.1) is 6.10 Å². The van der Waals surface area contributed by atoms with Gasteiger partial charge in [0.25, 0.3) is 0 Å². The largest absolute Gasteiger partial charge is 0.393 e. The Morgan fingerprint density at radius 1 is 0.759 bits per heavy atom. The van der Waals surface area contributed by atoms with Crippen molar-refractivity contribution in [2.24, 2.45) is 5.73 Å². The smallest absolute Gasteiger partial charge is 0.0540 e. The Balaban J connectivity index is 0.00000204. The van der Waals surface area contributed by atoms with E-state index in [0.717, 1.165) is 38.5 Å². The normalized spacial score (nSPS) is 13.4. The Morgan fingerprint density at radius 3 is 1.55 bits per heavy atom. The Labute approximate surface area is 179 Å². The fraction of sp³-hybridized carbons (Fsp3) is 0.556. The highest BCUT2D eigenvalue weighted by Gasteiger charge is 2.23. The first-order chi connectivity index (χ1) is 13.9. The lowest BCUT2D eigenvalue weighted by Crippen LogP contribution is -2.20. The average molecular weight is 398 g/mol. The van der Waals surface area contributed by atoms with Crippen LogP contribution in [0.4, 0.5) is 0 Å². The fourth-order valence-corrected chi connectivity index (χ4v) is 3.44. The van der Waals surface area contributed by atoms with E-state index in [0.29, 0.717) is 6.04 Å². The summed E-state index contributed by atoms with van der Waals surface area (Å²) in [6, 6.07) is 18.2. The quantitative estimate of drug-likeness (QED) is 0.486. The Bertz CT molecular complexity index is 613. The molecule has 2 aromatic rings. The number of hydrogen-bond donors (Lipinski definition) is 2. The molecule has 29 heavy (non-hydrogen) atoms. The van der Waals surface area contributed by atoms with Crippen molar-refractivity contribution in [3.8, 4) is 0 Å². The molecule has 2 unspecified atom stereocenters. The maximum absolute atomic E-state index is 9.75. The van der Waals surface area contributed by atoms with Gasteiger partial charge in [0.2, 0.25) is 0 Å². The summed E-state index contributed by atoms with van der Waals surface area (Å²) in [4.78, 5) is 0. The van der Waals surface area contributed by atoms with Gasteiger partial charge in [-0.3, -0.25) is 0 Å². The van der Waals surface area contributed by atoms with Crippen LogP contribution in [0, 0.1) is 0 Å². The number of rotatable bonds is 10. The lowest BCUT2D eigenvalue weighted by atomic mass is 9.77. The van der Waals surface area contributed by atoms with Crippen LogP contribution in [-0.4, -0.2) is 17.3 Å². The Kier molecular flexibility index (Phi) is 11.2. The summed E-state index contributed by atoms with van der Waals surface area (Å²) in [6.07, 6.45) is 5.55. The fourth-order valence-electron chi connectivity index (χ4n) is 3.44. The van der Waals surface area contributed by atoms with E-state index in [-0.39, 0.29) is 11.5 Å². The minimum absolute atomic E-state index is 0.0280. The van der Waals surface area contributed by atoms with Gasteiger partial charge in [0.15, 0.2) is 0 Å². The van der Waals surface area contributed by atoms with Crippen molar-refractivity contribution in [2.45, 2.75) is 97.6 Å². The summed E-state index contributed by atoms with van der Waals surface area (Å²) < 4.78 is 0. The molecule has 0 aromatic heterocycles. The SMILES string of the molecule is CC.CCC(N)CCc1ccc(C(C)(C)c2ccc(CCC(O)CC)cc2)cc1. The molecule has 0 aliphatic rings. The summed E-state index contributed by atoms with van der Waals surface area (Å²) in [5, 5.41) is 9.75. The molecule has 0 aliphatic heterocycles. The minimum atomic E-state index is -0.188. The number of benzene rings is 2. The summed E-state index contributed by atoms with van der Waals surface area (Å²) in [6.45, 7) is 12.7. The number of aryl methyl sites for hydroxylation is 2. The molecular formula is C27H43NO. The Morgan fingerprint density at radius 2 is 1.17 bits per heavy atom.